The van der Waals surface area contributed by atoms with Crippen LogP contribution in [0.3, 0.4) is 0 Å². The van der Waals surface area contributed by atoms with Crippen molar-refractivity contribution in [3.63, 3.8) is 0 Å². The Morgan fingerprint density at radius 3 is 3.00 bits per heavy atom. The molecule has 1 heterocycles. The Morgan fingerprint density at radius 1 is 1.35 bits per heavy atom. The van der Waals surface area contributed by atoms with Crippen LogP contribution in [-0.2, 0) is 6.42 Å². The van der Waals surface area contributed by atoms with E-state index in [9.17, 15) is 0 Å². The number of aromatic nitrogens is 1. The van der Waals surface area contributed by atoms with E-state index >= 15 is 0 Å². The van der Waals surface area contributed by atoms with E-state index < -0.39 is 0 Å². The molecule has 0 amide bonds. The molecule has 0 aliphatic carbocycles. The number of hydrogen-bond acceptors (Lipinski definition) is 2. The highest BCUT2D eigenvalue weighted by Crippen LogP contribution is 2.18. The van der Waals surface area contributed by atoms with Crippen molar-refractivity contribution in [3.8, 4) is 0 Å². The second-order valence-electron chi connectivity index (χ2n) is 4.53. The topological polar surface area (TPSA) is 53.8 Å². The van der Waals surface area contributed by atoms with E-state index in [0.29, 0.717) is 0 Å². The van der Waals surface area contributed by atoms with Crippen LogP contribution in [0.2, 0.25) is 0 Å². The third-order valence-electron chi connectivity index (χ3n) is 2.99. The van der Waals surface area contributed by atoms with Crippen molar-refractivity contribution in [1.29, 1.82) is 0 Å². The van der Waals surface area contributed by atoms with Gasteiger partial charge in [-0.2, -0.15) is 0 Å². The maximum atomic E-state index is 6.12. The standard InChI is InChI=1S/C14H21N3/c1-2-7-16-10-12(15)8-11-9-17-14-6-4-3-5-13(11)14/h3-6,9,12,16-17H,2,7-8,10,15H2,1H3/t12-/m0/s1. The summed E-state index contributed by atoms with van der Waals surface area (Å²) >= 11 is 0. The van der Waals surface area contributed by atoms with Crippen LogP contribution in [0, 0.1) is 0 Å². The van der Waals surface area contributed by atoms with Crippen LogP contribution in [0.15, 0.2) is 30.5 Å². The molecule has 0 spiro atoms. The van der Waals surface area contributed by atoms with Gasteiger partial charge in [-0.1, -0.05) is 25.1 Å². The maximum Gasteiger partial charge on any atom is 0.0456 e. The van der Waals surface area contributed by atoms with Gasteiger partial charge >= 0.3 is 0 Å². The van der Waals surface area contributed by atoms with Gasteiger partial charge in [0.1, 0.15) is 0 Å². The van der Waals surface area contributed by atoms with E-state index in [-0.39, 0.29) is 6.04 Å². The molecule has 1 aromatic carbocycles. The summed E-state index contributed by atoms with van der Waals surface area (Å²) in [5.74, 6) is 0. The summed E-state index contributed by atoms with van der Waals surface area (Å²) < 4.78 is 0. The van der Waals surface area contributed by atoms with Crippen molar-refractivity contribution in [1.82, 2.24) is 10.3 Å². The first-order chi connectivity index (χ1) is 8.31. The quantitative estimate of drug-likeness (QED) is 0.666. The number of fused-ring (bicyclic) bond motifs is 1. The van der Waals surface area contributed by atoms with Crippen LogP contribution < -0.4 is 11.1 Å². The van der Waals surface area contributed by atoms with Crippen molar-refractivity contribution in [2.75, 3.05) is 13.1 Å². The Hall–Kier alpha value is -1.32. The van der Waals surface area contributed by atoms with Gasteiger partial charge in [-0.25, -0.2) is 0 Å². The molecule has 2 aromatic rings. The van der Waals surface area contributed by atoms with E-state index in [0.717, 1.165) is 25.9 Å². The monoisotopic (exact) mass is 231 g/mol. The summed E-state index contributed by atoms with van der Waals surface area (Å²) in [5.41, 5.74) is 8.62. The molecule has 0 radical (unpaired) electrons. The third kappa shape index (κ3) is 3.08. The smallest absolute Gasteiger partial charge is 0.0456 e. The molecule has 0 saturated heterocycles. The molecule has 92 valence electrons. The van der Waals surface area contributed by atoms with Crippen molar-refractivity contribution in [3.05, 3.63) is 36.0 Å². The molecule has 0 unspecified atom stereocenters. The van der Waals surface area contributed by atoms with Gasteiger partial charge in [-0.3, -0.25) is 0 Å². The van der Waals surface area contributed by atoms with Gasteiger partial charge in [0, 0.05) is 29.7 Å². The van der Waals surface area contributed by atoms with E-state index in [1.54, 1.807) is 0 Å². The minimum atomic E-state index is 0.181. The van der Waals surface area contributed by atoms with Crippen LogP contribution in [0.5, 0.6) is 0 Å². The number of aromatic amines is 1. The van der Waals surface area contributed by atoms with Crippen LogP contribution in [0.4, 0.5) is 0 Å². The molecule has 0 aliphatic heterocycles. The molecule has 0 saturated carbocycles. The fourth-order valence-electron chi connectivity index (χ4n) is 2.12. The molecule has 0 bridgehead atoms. The van der Waals surface area contributed by atoms with Gasteiger partial charge < -0.3 is 16.0 Å². The average molecular weight is 231 g/mol. The van der Waals surface area contributed by atoms with Crippen molar-refractivity contribution in [2.24, 2.45) is 5.73 Å². The lowest BCUT2D eigenvalue weighted by atomic mass is 10.1. The van der Waals surface area contributed by atoms with Gasteiger partial charge in [0.2, 0.25) is 0 Å². The molecule has 0 fully saturated rings. The van der Waals surface area contributed by atoms with Crippen molar-refractivity contribution < 1.29 is 0 Å². The largest absolute Gasteiger partial charge is 0.361 e. The Bertz CT molecular complexity index is 461. The minimum Gasteiger partial charge on any atom is -0.361 e. The van der Waals surface area contributed by atoms with Gasteiger partial charge in [0.25, 0.3) is 0 Å². The number of hydrogen-bond donors (Lipinski definition) is 3. The number of para-hydroxylation sites is 1. The Morgan fingerprint density at radius 2 is 2.18 bits per heavy atom. The zero-order valence-corrected chi connectivity index (χ0v) is 10.4. The highest BCUT2D eigenvalue weighted by Gasteiger charge is 2.07. The first-order valence-corrected chi connectivity index (χ1v) is 6.32. The Balaban J connectivity index is 1.98. The fraction of sp³-hybridized carbons (Fsp3) is 0.429. The molecule has 3 nitrogen and oxygen atoms in total. The molecular formula is C14H21N3. The van der Waals surface area contributed by atoms with E-state index in [2.05, 4.69) is 41.6 Å². The normalized spacial score (nSPS) is 13.1. The van der Waals surface area contributed by atoms with E-state index in [1.165, 1.54) is 16.5 Å². The summed E-state index contributed by atoms with van der Waals surface area (Å²) in [6.45, 7) is 4.09. The number of nitrogens with two attached hydrogens (primary N) is 1. The summed E-state index contributed by atoms with van der Waals surface area (Å²) in [6.07, 6.45) is 4.14. The molecule has 1 aromatic heterocycles. The predicted molar refractivity (Wildman–Crippen MR) is 73.1 cm³/mol. The first-order valence-electron chi connectivity index (χ1n) is 6.32. The molecule has 4 N–H and O–H groups in total. The van der Waals surface area contributed by atoms with E-state index in [4.69, 9.17) is 5.73 Å². The number of rotatable bonds is 6. The number of H-pyrrole nitrogens is 1. The lowest BCUT2D eigenvalue weighted by Crippen LogP contribution is -2.35. The Labute approximate surface area is 102 Å². The second kappa shape index (κ2) is 5.84. The average Bonchev–Trinajstić information content (AvgIpc) is 2.73. The van der Waals surface area contributed by atoms with Crippen LogP contribution >= 0.6 is 0 Å². The highest BCUT2D eigenvalue weighted by molar-refractivity contribution is 5.83. The zero-order valence-electron chi connectivity index (χ0n) is 10.4. The van der Waals surface area contributed by atoms with Crippen molar-refractivity contribution >= 4 is 10.9 Å². The Kier molecular flexibility index (Phi) is 4.18. The van der Waals surface area contributed by atoms with Crippen LogP contribution in [-0.4, -0.2) is 24.1 Å². The summed E-state index contributed by atoms with van der Waals surface area (Å²) in [4.78, 5) is 3.28. The minimum absolute atomic E-state index is 0.181. The first kappa shape index (κ1) is 12.1. The molecule has 2 rings (SSSR count). The van der Waals surface area contributed by atoms with Crippen molar-refractivity contribution in [2.45, 2.75) is 25.8 Å². The van der Waals surface area contributed by atoms with E-state index in [1.807, 2.05) is 6.07 Å². The molecule has 3 heteroatoms. The molecule has 1 atom stereocenters. The molecule has 17 heavy (non-hydrogen) atoms. The lowest BCUT2D eigenvalue weighted by molar-refractivity contribution is 0.572. The summed E-state index contributed by atoms with van der Waals surface area (Å²) in [5, 5.41) is 4.65. The fourth-order valence-corrected chi connectivity index (χ4v) is 2.12. The number of nitrogens with one attached hydrogen (secondary N) is 2. The zero-order chi connectivity index (χ0) is 12.1. The SMILES string of the molecule is CCCNC[C@@H](N)Cc1c[nH]c2ccccc12. The third-order valence-corrected chi connectivity index (χ3v) is 2.99. The van der Waals surface area contributed by atoms with Gasteiger partial charge in [0.05, 0.1) is 0 Å². The molecule has 0 aliphatic rings. The summed E-state index contributed by atoms with van der Waals surface area (Å²) in [7, 11) is 0. The van der Waals surface area contributed by atoms with Crippen LogP contribution in [0.1, 0.15) is 18.9 Å². The maximum absolute atomic E-state index is 6.12. The number of benzene rings is 1. The van der Waals surface area contributed by atoms with Gasteiger partial charge in [-0.15, -0.1) is 0 Å². The van der Waals surface area contributed by atoms with Crippen LogP contribution in [0.25, 0.3) is 10.9 Å². The predicted octanol–water partition coefficient (Wildman–Crippen LogP) is 2.04. The molecular weight excluding hydrogens is 210 g/mol. The second-order valence-corrected chi connectivity index (χ2v) is 4.53. The lowest BCUT2D eigenvalue weighted by Gasteiger charge is -2.11. The van der Waals surface area contributed by atoms with Gasteiger partial charge in [0.15, 0.2) is 0 Å². The van der Waals surface area contributed by atoms with Gasteiger partial charge in [-0.05, 0) is 31.0 Å². The highest BCUT2D eigenvalue weighted by atomic mass is 14.9. The summed E-state index contributed by atoms with van der Waals surface area (Å²) in [6, 6.07) is 8.54.